The smallest absolute Gasteiger partial charge is 0.250 e. The highest BCUT2D eigenvalue weighted by Crippen LogP contribution is 2.42. The Morgan fingerprint density at radius 3 is 2.39 bits per heavy atom. The fourth-order valence-electron chi connectivity index (χ4n) is 3.13. The lowest BCUT2D eigenvalue weighted by molar-refractivity contribution is 0.0996. The highest BCUT2D eigenvalue weighted by Gasteiger charge is 2.33. The van der Waals surface area contributed by atoms with Gasteiger partial charge in [-0.1, -0.05) is 6.07 Å². The molecule has 3 aromatic rings. The quantitative estimate of drug-likeness (QED) is 0.494. The Balaban J connectivity index is 2.31. The van der Waals surface area contributed by atoms with Crippen LogP contribution in [0.5, 0.6) is 17.2 Å². The Morgan fingerprint density at radius 1 is 1.13 bits per heavy atom. The third-order valence-corrected chi connectivity index (χ3v) is 7.01. The summed E-state index contributed by atoms with van der Waals surface area (Å²) in [4.78, 5) is 11.6. The lowest BCUT2D eigenvalue weighted by Gasteiger charge is -2.19. The molecule has 2 N–H and O–H groups in total. The van der Waals surface area contributed by atoms with Crippen LogP contribution in [0.4, 0.5) is 0 Å². The zero-order valence-electron chi connectivity index (χ0n) is 17.0. The fraction of sp³-hybridized carbons (Fsp3) is 0.200. The van der Waals surface area contributed by atoms with E-state index in [9.17, 15) is 13.2 Å². The third-order valence-electron chi connectivity index (χ3n) is 4.55. The van der Waals surface area contributed by atoms with Crippen molar-refractivity contribution in [1.29, 1.82) is 0 Å². The van der Waals surface area contributed by atoms with Crippen molar-refractivity contribution in [3.8, 4) is 17.2 Å². The van der Waals surface area contributed by atoms with Gasteiger partial charge in [0.15, 0.2) is 0 Å². The Kier molecular flexibility index (Phi) is 6.56. The summed E-state index contributed by atoms with van der Waals surface area (Å²) >= 11 is 3.29. The number of methoxy groups -OCH3 is 3. The SMILES string of the molecule is COc1cc(OC)c(S(=O)(=O)c2c(C(N)=O)ccc(Cn3cccn3)c2OC)cc1Br. The second kappa shape index (κ2) is 8.98. The van der Waals surface area contributed by atoms with Gasteiger partial charge in [-0.2, -0.15) is 5.10 Å². The number of carbonyl (C=O) groups excluding carboxylic acids is 1. The van der Waals surface area contributed by atoms with Crippen LogP contribution < -0.4 is 19.9 Å². The number of carbonyl (C=O) groups is 1. The molecule has 0 unspecified atom stereocenters. The zero-order chi connectivity index (χ0) is 22.8. The molecular formula is C20H20BrN3O6S. The van der Waals surface area contributed by atoms with E-state index in [0.29, 0.717) is 15.8 Å². The highest BCUT2D eigenvalue weighted by atomic mass is 79.9. The molecule has 0 spiro atoms. The minimum Gasteiger partial charge on any atom is -0.495 e. The van der Waals surface area contributed by atoms with Crippen molar-refractivity contribution >= 4 is 31.7 Å². The molecule has 0 bridgehead atoms. The second-order valence-electron chi connectivity index (χ2n) is 6.34. The van der Waals surface area contributed by atoms with Crippen LogP contribution in [0.25, 0.3) is 0 Å². The van der Waals surface area contributed by atoms with E-state index < -0.39 is 15.7 Å². The van der Waals surface area contributed by atoms with Crippen LogP contribution in [0.15, 0.2) is 57.0 Å². The molecule has 0 aliphatic carbocycles. The molecule has 0 saturated carbocycles. The van der Waals surface area contributed by atoms with Crippen LogP contribution in [0.1, 0.15) is 15.9 Å². The predicted molar refractivity (Wildman–Crippen MR) is 116 cm³/mol. The summed E-state index contributed by atoms with van der Waals surface area (Å²) < 4.78 is 45.5. The van der Waals surface area contributed by atoms with Gasteiger partial charge in [0.25, 0.3) is 0 Å². The maximum Gasteiger partial charge on any atom is 0.250 e. The summed E-state index contributed by atoms with van der Waals surface area (Å²) in [6, 6.07) is 7.46. The summed E-state index contributed by atoms with van der Waals surface area (Å²) in [7, 11) is -0.208. The van der Waals surface area contributed by atoms with Gasteiger partial charge in [0.05, 0.1) is 37.9 Å². The van der Waals surface area contributed by atoms with Crippen molar-refractivity contribution in [1.82, 2.24) is 9.78 Å². The number of benzene rings is 2. The number of aromatic nitrogens is 2. The molecule has 2 aromatic carbocycles. The molecule has 1 aromatic heterocycles. The van der Waals surface area contributed by atoms with E-state index in [0.717, 1.165) is 0 Å². The highest BCUT2D eigenvalue weighted by molar-refractivity contribution is 9.10. The monoisotopic (exact) mass is 509 g/mol. The van der Waals surface area contributed by atoms with E-state index in [4.69, 9.17) is 19.9 Å². The number of hydrogen-bond acceptors (Lipinski definition) is 7. The number of rotatable bonds is 8. The third kappa shape index (κ3) is 4.23. The maximum atomic E-state index is 13.8. The van der Waals surface area contributed by atoms with Gasteiger partial charge in [0.1, 0.15) is 27.0 Å². The number of primary amides is 1. The van der Waals surface area contributed by atoms with E-state index >= 15 is 0 Å². The summed E-state index contributed by atoms with van der Waals surface area (Å²) in [5.74, 6) is -0.491. The minimum absolute atomic E-state index is 0.000735. The van der Waals surface area contributed by atoms with Crippen LogP contribution in [0.2, 0.25) is 0 Å². The van der Waals surface area contributed by atoms with Crippen molar-refractivity contribution < 1.29 is 27.4 Å². The standard InChI is InChI=1S/C20H20BrN3O6S/c1-28-15-10-16(29-2)17(9-14(15)21)31(26,27)19-13(20(22)25)6-5-12(18(19)30-3)11-24-8-4-7-23-24/h4-10H,11H2,1-3H3,(H2,22,25). The molecule has 0 atom stereocenters. The first-order chi connectivity index (χ1) is 14.7. The van der Waals surface area contributed by atoms with E-state index in [-0.39, 0.29) is 33.4 Å². The van der Waals surface area contributed by atoms with Crippen LogP contribution in [0, 0.1) is 0 Å². The molecule has 0 fully saturated rings. The van der Waals surface area contributed by atoms with Crippen LogP contribution in [-0.2, 0) is 16.4 Å². The van der Waals surface area contributed by atoms with Crippen molar-refractivity contribution in [3.63, 3.8) is 0 Å². The molecule has 164 valence electrons. The van der Waals surface area contributed by atoms with Gasteiger partial charge in [-0.25, -0.2) is 8.42 Å². The number of halogens is 1. The molecule has 0 saturated heterocycles. The molecule has 1 amide bonds. The minimum atomic E-state index is -4.32. The summed E-state index contributed by atoms with van der Waals surface area (Å²) in [6.07, 6.45) is 3.32. The van der Waals surface area contributed by atoms with Crippen LogP contribution >= 0.6 is 15.9 Å². The molecule has 0 aliphatic rings. The largest absolute Gasteiger partial charge is 0.495 e. The van der Waals surface area contributed by atoms with Gasteiger partial charge >= 0.3 is 0 Å². The summed E-state index contributed by atoms with van der Waals surface area (Å²) in [5, 5.41) is 4.13. The first-order valence-electron chi connectivity index (χ1n) is 8.88. The predicted octanol–water partition coefficient (Wildman–Crippen LogP) is 2.65. The maximum absolute atomic E-state index is 13.8. The van der Waals surface area contributed by atoms with Gasteiger partial charge in [0, 0.05) is 24.0 Å². The number of ether oxygens (including phenoxy) is 3. The Bertz CT molecular complexity index is 1230. The van der Waals surface area contributed by atoms with Gasteiger partial charge in [0.2, 0.25) is 15.7 Å². The number of sulfone groups is 1. The molecule has 11 heteroatoms. The van der Waals surface area contributed by atoms with Gasteiger partial charge in [-0.15, -0.1) is 0 Å². The molecule has 9 nitrogen and oxygen atoms in total. The van der Waals surface area contributed by atoms with Crippen LogP contribution in [-0.4, -0.2) is 45.4 Å². The van der Waals surface area contributed by atoms with Crippen LogP contribution in [0.3, 0.4) is 0 Å². The second-order valence-corrected chi connectivity index (χ2v) is 9.05. The zero-order valence-corrected chi connectivity index (χ0v) is 19.4. The number of hydrogen-bond donors (Lipinski definition) is 1. The van der Waals surface area contributed by atoms with Crippen molar-refractivity contribution in [2.75, 3.05) is 21.3 Å². The van der Waals surface area contributed by atoms with Crippen molar-refractivity contribution in [2.45, 2.75) is 16.3 Å². The molecule has 0 aliphatic heterocycles. The Labute approximate surface area is 187 Å². The van der Waals surface area contributed by atoms with E-state index in [1.54, 1.807) is 29.2 Å². The van der Waals surface area contributed by atoms with Crippen molar-refractivity contribution in [2.24, 2.45) is 5.73 Å². The number of nitrogens with two attached hydrogens (primary N) is 1. The van der Waals surface area contributed by atoms with Gasteiger partial charge < -0.3 is 19.9 Å². The van der Waals surface area contributed by atoms with Crippen molar-refractivity contribution in [3.05, 3.63) is 58.3 Å². The van der Waals surface area contributed by atoms with E-state index in [1.165, 1.54) is 39.5 Å². The van der Waals surface area contributed by atoms with Gasteiger partial charge in [-0.3, -0.25) is 9.48 Å². The van der Waals surface area contributed by atoms with E-state index in [1.807, 2.05) is 0 Å². The lowest BCUT2D eigenvalue weighted by atomic mass is 10.1. The first-order valence-corrected chi connectivity index (χ1v) is 11.2. The summed E-state index contributed by atoms with van der Waals surface area (Å²) in [5.41, 5.74) is 5.81. The average molecular weight is 510 g/mol. The molecule has 0 radical (unpaired) electrons. The van der Waals surface area contributed by atoms with E-state index in [2.05, 4.69) is 21.0 Å². The Morgan fingerprint density at radius 2 is 1.84 bits per heavy atom. The van der Waals surface area contributed by atoms with Gasteiger partial charge in [-0.05, 0) is 34.1 Å². The first kappa shape index (κ1) is 22.6. The Hall–Kier alpha value is -3.05. The molecule has 1 heterocycles. The number of amides is 1. The molecule has 31 heavy (non-hydrogen) atoms. The molecule has 3 rings (SSSR count). The summed E-state index contributed by atoms with van der Waals surface area (Å²) in [6.45, 7) is 0.223. The normalized spacial score (nSPS) is 11.2. The number of nitrogens with zero attached hydrogens (tertiary/aromatic N) is 2. The topological polar surface area (TPSA) is 123 Å². The fourth-order valence-corrected chi connectivity index (χ4v) is 5.61. The average Bonchev–Trinajstić information content (AvgIpc) is 3.26. The molecular weight excluding hydrogens is 490 g/mol. The lowest BCUT2D eigenvalue weighted by Crippen LogP contribution is -2.19.